The standard InChI is InChI=1S/C19H20FNO3/c20-15-3-1-13(2-4-15)17-7-8-21-10-14(17)11-22-16-5-6-18-19(9-16)24-12-23-18/h1-6,9,14,17,21H,7-8,10-12H2/t14-,17?/m1/s1/i7D2,10D2,11D2,12D2,14D. The van der Waals surface area contributed by atoms with Crippen molar-refractivity contribution in [3.8, 4) is 17.2 Å². The molecule has 0 aromatic heterocycles. The molecular formula is C19H20FNO3. The Kier molecular flexibility index (Phi) is 2.29. The summed E-state index contributed by atoms with van der Waals surface area (Å²) in [5.41, 5.74) is 0.0353. The van der Waals surface area contributed by atoms with E-state index in [1.165, 1.54) is 24.3 Å². The molecule has 24 heavy (non-hydrogen) atoms. The van der Waals surface area contributed by atoms with Gasteiger partial charge in [-0.15, -0.1) is 0 Å². The number of fused-ring (bicyclic) bond motifs is 1. The van der Waals surface area contributed by atoms with Gasteiger partial charge in [0.25, 0.3) is 0 Å². The van der Waals surface area contributed by atoms with Crippen LogP contribution in [-0.4, -0.2) is 26.3 Å². The molecule has 4 nitrogen and oxygen atoms in total. The number of hydrogen-bond acceptors (Lipinski definition) is 4. The highest BCUT2D eigenvalue weighted by Crippen LogP contribution is 2.36. The van der Waals surface area contributed by atoms with E-state index >= 15 is 0 Å². The fraction of sp³-hybridized carbons (Fsp3) is 0.368. The van der Waals surface area contributed by atoms with Gasteiger partial charge in [-0.3, -0.25) is 0 Å². The Morgan fingerprint density at radius 3 is 2.96 bits per heavy atom. The molecular weight excluding hydrogens is 309 g/mol. The SMILES string of the molecule is [2H]C1([2H])Oc2ccc(OC([2H])([2H])[C@]3([2H])C(c4ccc(F)cc4)C([2H])([2H])CNC3([2H])[2H])cc2O1. The van der Waals surface area contributed by atoms with Gasteiger partial charge in [0.15, 0.2) is 11.5 Å². The van der Waals surface area contributed by atoms with Crippen LogP contribution in [-0.2, 0) is 0 Å². The number of ether oxygens (including phenoxy) is 3. The Bertz CT molecular complexity index is 1070. The molecule has 5 heteroatoms. The quantitative estimate of drug-likeness (QED) is 0.928. The van der Waals surface area contributed by atoms with Crippen LogP contribution in [0.2, 0.25) is 0 Å². The Morgan fingerprint density at radius 2 is 2.08 bits per heavy atom. The van der Waals surface area contributed by atoms with Gasteiger partial charge in [0, 0.05) is 25.3 Å². The monoisotopic (exact) mass is 338 g/mol. The second-order valence-electron chi connectivity index (χ2n) is 5.18. The molecule has 1 unspecified atom stereocenters. The molecule has 2 aliphatic rings. The predicted octanol–water partition coefficient (Wildman–Crippen LogP) is 3.33. The van der Waals surface area contributed by atoms with Gasteiger partial charge in [0.1, 0.15) is 14.3 Å². The van der Waals surface area contributed by atoms with Crippen molar-refractivity contribution in [2.45, 2.75) is 12.3 Å². The van der Waals surface area contributed by atoms with E-state index < -0.39 is 50.3 Å². The maximum absolute atomic E-state index is 13.5. The van der Waals surface area contributed by atoms with E-state index in [-0.39, 0.29) is 22.8 Å². The lowest BCUT2D eigenvalue weighted by Crippen LogP contribution is -2.38. The molecule has 1 N–H and O–H groups in total. The molecule has 2 aliphatic heterocycles. The minimum absolute atomic E-state index is 0.0353. The fourth-order valence-electron chi connectivity index (χ4n) is 2.43. The molecule has 1 saturated heterocycles. The Hall–Kier alpha value is -2.27. The first kappa shape index (κ1) is 8.21. The zero-order chi connectivity index (χ0) is 24.4. The molecule has 2 atom stereocenters. The van der Waals surface area contributed by atoms with Crippen molar-refractivity contribution < 1.29 is 30.9 Å². The Balaban J connectivity index is 1.77. The second kappa shape index (κ2) is 6.69. The Morgan fingerprint density at radius 1 is 1.25 bits per heavy atom. The summed E-state index contributed by atoms with van der Waals surface area (Å²) in [6, 6.07) is 8.10. The summed E-state index contributed by atoms with van der Waals surface area (Å²) in [6.45, 7) is -8.85. The number of halogens is 1. The summed E-state index contributed by atoms with van der Waals surface area (Å²) in [5.74, 6) is -5.46. The summed E-state index contributed by atoms with van der Waals surface area (Å²) in [4.78, 5) is 0. The van der Waals surface area contributed by atoms with Crippen LogP contribution < -0.4 is 19.5 Å². The molecule has 0 amide bonds. The maximum atomic E-state index is 13.5. The zero-order valence-electron chi connectivity index (χ0n) is 21.4. The summed E-state index contributed by atoms with van der Waals surface area (Å²) in [6.07, 6.45) is -2.30. The van der Waals surface area contributed by atoms with Crippen LogP contribution in [0.15, 0.2) is 42.5 Å². The first-order valence-corrected chi connectivity index (χ1v) is 7.30. The van der Waals surface area contributed by atoms with Crippen molar-refractivity contribution >= 4 is 0 Å². The third-order valence-corrected chi connectivity index (χ3v) is 3.61. The molecule has 0 radical (unpaired) electrons. The van der Waals surface area contributed by atoms with E-state index in [0.717, 1.165) is 18.2 Å². The van der Waals surface area contributed by atoms with E-state index in [4.69, 9.17) is 26.5 Å². The van der Waals surface area contributed by atoms with Gasteiger partial charge in [-0.1, -0.05) is 12.1 Å². The van der Waals surface area contributed by atoms with Crippen LogP contribution in [0.5, 0.6) is 17.2 Å². The summed E-state index contributed by atoms with van der Waals surface area (Å²) in [5, 5.41) is 2.28. The lowest BCUT2D eigenvalue weighted by Gasteiger charge is -2.32. The minimum Gasteiger partial charge on any atom is -0.493 e. The van der Waals surface area contributed by atoms with Gasteiger partial charge in [-0.05, 0) is 48.7 Å². The highest BCUT2D eigenvalue weighted by molar-refractivity contribution is 5.46. The Labute approximate surface area is 153 Å². The topological polar surface area (TPSA) is 39.7 Å². The van der Waals surface area contributed by atoms with Crippen LogP contribution in [0.3, 0.4) is 0 Å². The largest absolute Gasteiger partial charge is 0.493 e. The average molecular weight is 338 g/mol. The van der Waals surface area contributed by atoms with Crippen molar-refractivity contribution in [2.75, 3.05) is 26.3 Å². The summed E-state index contributed by atoms with van der Waals surface area (Å²) >= 11 is 0. The number of hydrogen-bond donors (Lipinski definition) is 1. The zero-order valence-corrected chi connectivity index (χ0v) is 12.4. The molecule has 4 rings (SSSR count). The van der Waals surface area contributed by atoms with Crippen molar-refractivity contribution in [1.82, 2.24) is 5.32 Å². The molecule has 2 aromatic rings. The minimum atomic E-state index is -3.14. The van der Waals surface area contributed by atoms with Gasteiger partial charge < -0.3 is 19.5 Å². The predicted molar refractivity (Wildman–Crippen MR) is 88.2 cm³/mol. The smallest absolute Gasteiger partial charge is 0.231 e. The number of benzene rings is 2. The molecule has 0 aliphatic carbocycles. The number of rotatable bonds is 4. The van der Waals surface area contributed by atoms with E-state index in [1.54, 1.807) is 0 Å². The summed E-state index contributed by atoms with van der Waals surface area (Å²) < 4.78 is 104. The molecule has 0 saturated carbocycles. The maximum Gasteiger partial charge on any atom is 0.231 e. The van der Waals surface area contributed by atoms with Crippen LogP contribution in [0, 0.1) is 11.7 Å². The first-order chi connectivity index (χ1) is 15.1. The molecule has 126 valence electrons. The van der Waals surface area contributed by atoms with E-state index in [1.807, 2.05) is 0 Å². The van der Waals surface area contributed by atoms with Crippen molar-refractivity contribution in [2.24, 2.45) is 5.89 Å². The molecule has 1 fully saturated rings. The van der Waals surface area contributed by atoms with Gasteiger partial charge in [-0.25, -0.2) is 4.39 Å². The number of piperidine rings is 1. The van der Waals surface area contributed by atoms with Gasteiger partial charge in [-0.2, -0.15) is 0 Å². The van der Waals surface area contributed by atoms with E-state index in [2.05, 4.69) is 5.32 Å². The van der Waals surface area contributed by atoms with Crippen LogP contribution in [0.1, 0.15) is 30.2 Å². The third kappa shape index (κ3) is 3.17. The molecule has 2 heterocycles. The van der Waals surface area contributed by atoms with Crippen molar-refractivity contribution in [3.05, 3.63) is 53.8 Å². The van der Waals surface area contributed by atoms with Crippen molar-refractivity contribution in [3.63, 3.8) is 0 Å². The average Bonchev–Trinajstić information content (AvgIpc) is 2.99. The third-order valence-electron chi connectivity index (χ3n) is 3.61. The highest BCUT2D eigenvalue weighted by Gasteiger charge is 2.27. The van der Waals surface area contributed by atoms with Crippen molar-refractivity contribution in [1.29, 1.82) is 0 Å². The van der Waals surface area contributed by atoms with Crippen LogP contribution in [0.4, 0.5) is 4.39 Å². The first-order valence-electron chi connectivity index (χ1n) is 11.8. The van der Waals surface area contributed by atoms with E-state index in [0.29, 0.717) is 0 Å². The molecule has 0 bridgehead atoms. The van der Waals surface area contributed by atoms with Gasteiger partial charge >= 0.3 is 0 Å². The molecule has 2 aromatic carbocycles. The lowest BCUT2D eigenvalue weighted by molar-refractivity contribution is 0.173. The lowest BCUT2D eigenvalue weighted by atomic mass is 9.81. The number of nitrogens with one attached hydrogen (secondary N) is 1. The van der Waals surface area contributed by atoms with Crippen LogP contribution >= 0.6 is 0 Å². The van der Waals surface area contributed by atoms with E-state index in [9.17, 15) is 4.39 Å². The molecule has 0 spiro atoms. The fourth-order valence-corrected chi connectivity index (χ4v) is 2.43. The summed E-state index contributed by atoms with van der Waals surface area (Å²) in [7, 11) is 0. The second-order valence-corrected chi connectivity index (χ2v) is 5.18. The van der Waals surface area contributed by atoms with Gasteiger partial charge in [0.05, 0.1) is 9.30 Å². The van der Waals surface area contributed by atoms with Crippen LogP contribution in [0.25, 0.3) is 0 Å². The van der Waals surface area contributed by atoms with Gasteiger partial charge in [0.2, 0.25) is 6.75 Å². The highest BCUT2D eigenvalue weighted by atomic mass is 19.1. The normalized spacial score (nSPS) is 37.9.